The fourth-order valence-corrected chi connectivity index (χ4v) is 2.13. The number of hydrogen-bond acceptors (Lipinski definition) is 6. The van der Waals surface area contributed by atoms with Gasteiger partial charge in [0, 0.05) is 35.2 Å². The fraction of sp³-hybridized carbons (Fsp3) is 0.200. The Morgan fingerprint density at radius 2 is 1.46 bits per heavy atom. The molecule has 0 atom stereocenters. The molecule has 0 saturated heterocycles. The number of alkyl halides is 1. The van der Waals surface area contributed by atoms with Crippen LogP contribution in [0.1, 0.15) is 5.56 Å². The van der Waals surface area contributed by atoms with Gasteiger partial charge in [0.25, 0.3) is 11.4 Å². The zero-order valence-corrected chi connectivity index (χ0v) is 14.6. The third-order valence-electron chi connectivity index (χ3n) is 2.90. The van der Waals surface area contributed by atoms with Crippen molar-refractivity contribution in [3.8, 4) is 11.5 Å². The molecule has 2 aromatic rings. The average Bonchev–Trinajstić information content (AvgIpc) is 2.61. The number of non-ortho nitro benzene ring substituents is 2. The standard InChI is InChI=1S/C8H8BrNO3.C7H7NO3/c1-13-8-3-2-7(10(11)12)4-6(8)5-9;1-11-7-4-2-6(3-5-7)8(9)10/h2-4H,5H2,1H3;2-5H,1H3. The molecule has 128 valence electrons. The maximum absolute atomic E-state index is 10.4. The number of nitro benzene ring substituents is 2. The van der Waals surface area contributed by atoms with Crippen molar-refractivity contribution in [1.29, 1.82) is 0 Å². The second-order valence-corrected chi connectivity index (χ2v) is 4.90. The van der Waals surface area contributed by atoms with Gasteiger partial charge in [0.1, 0.15) is 11.5 Å². The molecule has 0 aromatic heterocycles. The van der Waals surface area contributed by atoms with Crippen molar-refractivity contribution in [2.45, 2.75) is 5.33 Å². The zero-order chi connectivity index (χ0) is 18.1. The normalized spacial score (nSPS) is 9.46. The average molecular weight is 399 g/mol. The fourth-order valence-electron chi connectivity index (χ4n) is 1.69. The molecule has 0 radical (unpaired) electrons. The lowest BCUT2D eigenvalue weighted by Crippen LogP contribution is -1.93. The largest absolute Gasteiger partial charge is 0.497 e. The van der Waals surface area contributed by atoms with Crippen LogP contribution in [0, 0.1) is 20.2 Å². The molecule has 0 bridgehead atoms. The second-order valence-electron chi connectivity index (χ2n) is 4.34. The first-order valence-corrected chi connectivity index (χ1v) is 7.70. The molecule has 0 N–H and O–H groups in total. The third-order valence-corrected chi connectivity index (χ3v) is 3.51. The van der Waals surface area contributed by atoms with Crippen molar-refractivity contribution in [1.82, 2.24) is 0 Å². The Morgan fingerprint density at radius 3 is 1.88 bits per heavy atom. The number of nitrogens with zero attached hydrogens (tertiary/aromatic N) is 2. The molecule has 0 fully saturated rings. The molecular formula is C15H15BrN2O6. The molecular weight excluding hydrogens is 384 g/mol. The molecule has 0 aliphatic carbocycles. The predicted molar refractivity (Wildman–Crippen MR) is 91.9 cm³/mol. The number of nitro groups is 2. The van der Waals surface area contributed by atoms with E-state index in [4.69, 9.17) is 9.47 Å². The molecule has 0 spiro atoms. The molecule has 0 amide bonds. The number of ether oxygens (including phenoxy) is 2. The third kappa shape index (κ3) is 5.51. The van der Waals surface area contributed by atoms with Gasteiger partial charge in [0.15, 0.2) is 0 Å². The van der Waals surface area contributed by atoms with Gasteiger partial charge in [-0.05, 0) is 18.2 Å². The minimum Gasteiger partial charge on any atom is -0.497 e. The van der Waals surface area contributed by atoms with Gasteiger partial charge in [-0.3, -0.25) is 20.2 Å². The maximum Gasteiger partial charge on any atom is 0.270 e. The molecule has 0 heterocycles. The lowest BCUT2D eigenvalue weighted by atomic mass is 10.2. The molecule has 9 heteroatoms. The van der Waals surface area contributed by atoms with E-state index in [1.165, 1.54) is 38.5 Å². The van der Waals surface area contributed by atoms with Crippen molar-refractivity contribution in [3.63, 3.8) is 0 Å². The number of benzene rings is 2. The highest BCUT2D eigenvalue weighted by atomic mass is 79.9. The molecule has 0 aliphatic rings. The Labute approximate surface area is 146 Å². The Bertz CT molecular complexity index is 706. The molecule has 8 nitrogen and oxygen atoms in total. The van der Waals surface area contributed by atoms with Crippen LogP contribution in [0.2, 0.25) is 0 Å². The van der Waals surface area contributed by atoms with Crippen molar-refractivity contribution in [2.24, 2.45) is 0 Å². The van der Waals surface area contributed by atoms with E-state index in [9.17, 15) is 20.2 Å². The monoisotopic (exact) mass is 398 g/mol. The van der Waals surface area contributed by atoms with Crippen molar-refractivity contribution >= 4 is 27.3 Å². The molecule has 24 heavy (non-hydrogen) atoms. The number of hydrogen-bond donors (Lipinski definition) is 0. The van der Waals surface area contributed by atoms with Crippen molar-refractivity contribution in [3.05, 3.63) is 68.3 Å². The van der Waals surface area contributed by atoms with E-state index >= 15 is 0 Å². The highest BCUT2D eigenvalue weighted by molar-refractivity contribution is 9.08. The number of halogens is 1. The van der Waals surface area contributed by atoms with E-state index in [-0.39, 0.29) is 11.4 Å². The van der Waals surface area contributed by atoms with Crippen LogP contribution in [0.25, 0.3) is 0 Å². The highest BCUT2D eigenvalue weighted by Crippen LogP contribution is 2.25. The number of rotatable bonds is 5. The molecule has 2 rings (SSSR count). The summed E-state index contributed by atoms with van der Waals surface area (Å²) in [5.74, 6) is 1.28. The van der Waals surface area contributed by atoms with E-state index in [0.717, 1.165) is 5.56 Å². The van der Waals surface area contributed by atoms with Gasteiger partial charge in [0.05, 0.1) is 24.1 Å². The van der Waals surface area contributed by atoms with Gasteiger partial charge in [0.2, 0.25) is 0 Å². The minimum absolute atomic E-state index is 0.0748. The van der Waals surface area contributed by atoms with Crippen LogP contribution >= 0.6 is 15.9 Å². The topological polar surface area (TPSA) is 105 Å². The molecule has 0 aliphatic heterocycles. The Hall–Kier alpha value is -2.68. The van der Waals surface area contributed by atoms with E-state index in [2.05, 4.69) is 15.9 Å². The van der Waals surface area contributed by atoms with E-state index in [1.54, 1.807) is 18.2 Å². The van der Waals surface area contributed by atoms with E-state index < -0.39 is 9.85 Å². The zero-order valence-electron chi connectivity index (χ0n) is 13.0. The Kier molecular flexibility index (Phi) is 7.63. The van der Waals surface area contributed by atoms with Crippen LogP contribution in [0.15, 0.2) is 42.5 Å². The summed E-state index contributed by atoms with van der Waals surface area (Å²) in [5, 5.41) is 21.1. The molecule has 0 saturated carbocycles. The summed E-state index contributed by atoms with van der Waals surface area (Å²) in [5.41, 5.74) is 0.928. The van der Waals surface area contributed by atoms with Gasteiger partial charge in [-0.2, -0.15) is 0 Å². The van der Waals surface area contributed by atoms with E-state index in [0.29, 0.717) is 16.8 Å². The summed E-state index contributed by atoms with van der Waals surface area (Å²) in [6.45, 7) is 0. The lowest BCUT2D eigenvalue weighted by Gasteiger charge is -2.04. The smallest absolute Gasteiger partial charge is 0.270 e. The Balaban J connectivity index is 0.000000243. The minimum atomic E-state index is -0.445. The summed E-state index contributed by atoms with van der Waals surface area (Å²) in [6, 6.07) is 10.4. The van der Waals surface area contributed by atoms with Gasteiger partial charge >= 0.3 is 0 Å². The first-order valence-electron chi connectivity index (χ1n) is 6.58. The van der Waals surface area contributed by atoms with Crippen molar-refractivity contribution < 1.29 is 19.3 Å². The second kappa shape index (κ2) is 9.46. The van der Waals surface area contributed by atoms with Gasteiger partial charge in [-0.1, -0.05) is 15.9 Å². The summed E-state index contributed by atoms with van der Waals surface area (Å²) in [6.07, 6.45) is 0. The quantitative estimate of drug-likeness (QED) is 0.426. The van der Waals surface area contributed by atoms with Crippen LogP contribution in [-0.2, 0) is 5.33 Å². The SMILES string of the molecule is COc1ccc([N+](=O)[O-])cc1.COc1ccc([N+](=O)[O-])cc1CBr. The maximum atomic E-state index is 10.4. The highest BCUT2D eigenvalue weighted by Gasteiger charge is 2.09. The lowest BCUT2D eigenvalue weighted by molar-refractivity contribution is -0.385. The summed E-state index contributed by atoms with van der Waals surface area (Å²) < 4.78 is 9.84. The van der Waals surface area contributed by atoms with Gasteiger partial charge < -0.3 is 9.47 Å². The van der Waals surface area contributed by atoms with Crippen LogP contribution < -0.4 is 9.47 Å². The number of methoxy groups -OCH3 is 2. The summed E-state index contributed by atoms with van der Waals surface area (Å²) in [4.78, 5) is 19.7. The summed E-state index contributed by atoms with van der Waals surface area (Å²) in [7, 11) is 3.05. The molecule has 0 unspecified atom stereocenters. The van der Waals surface area contributed by atoms with E-state index in [1.807, 2.05) is 0 Å². The predicted octanol–water partition coefficient (Wildman–Crippen LogP) is 4.10. The van der Waals surface area contributed by atoms with Gasteiger partial charge in [-0.15, -0.1) is 0 Å². The van der Waals surface area contributed by atoms with Crippen LogP contribution in [-0.4, -0.2) is 24.1 Å². The first kappa shape index (κ1) is 19.4. The van der Waals surface area contributed by atoms with Crippen molar-refractivity contribution in [2.75, 3.05) is 14.2 Å². The molecule has 2 aromatic carbocycles. The van der Waals surface area contributed by atoms with Crippen LogP contribution in [0.3, 0.4) is 0 Å². The van der Waals surface area contributed by atoms with Crippen LogP contribution in [0.5, 0.6) is 11.5 Å². The Morgan fingerprint density at radius 1 is 0.917 bits per heavy atom. The first-order chi connectivity index (χ1) is 11.4. The summed E-state index contributed by atoms with van der Waals surface area (Å²) >= 11 is 3.23. The van der Waals surface area contributed by atoms with Gasteiger partial charge in [-0.25, -0.2) is 0 Å². The van der Waals surface area contributed by atoms with Crippen LogP contribution in [0.4, 0.5) is 11.4 Å².